The molecule has 1 N–H and O–H groups in total. The third-order valence-electron chi connectivity index (χ3n) is 4.32. The van der Waals surface area contributed by atoms with Crippen LogP contribution < -0.4 is 10.1 Å². The van der Waals surface area contributed by atoms with Crippen molar-refractivity contribution in [1.29, 1.82) is 0 Å². The maximum Gasteiger partial charge on any atom is 0.137 e. The highest BCUT2D eigenvalue weighted by atomic mass is 35.5. The lowest BCUT2D eigenvalue weighted by atomic mass is 10.00. The molecule has 0 spiro atoms. The third-order valence-corrected chi connectivity index (χ3v) is 4.62. The Morgan fingerprint density at radius 2 is 2.09 bits per heavy atom. The first-order valence-corrected chi connectivity index (χ1v) is 8.31. The van der Waals surface area contributed by atoms with E-state index < -0.39 is 0 Å². The summed E-state index contributed by atoms with van der Waals surface area (Å²) in [7, 11) is 1.64. The van der Waals surface area contributed by atoms with Gasteiger partial charge in [-0.2, -0.15) is 0 Å². The molecule has 1 aliphatic heterocycles. The summed E-state index contributed by atoms with van der Waals surface area (Å²) in [5, 5.41) is 4.27. The van der Waals surface area contributed by atoms with E-state index >= 15 is 0 Å². The molecule has 3 heteroatoms. The van der Waals surface area contributed by atoms with Crippen LogP contribution >= 0.6 is 11.6 Å². The molecule has 2 aromatic carbocycles. The van der Waals surface area contributed by atoms with Gasteiger partial charge in [0.2, 0.25) is 0 Å². The first-order valence-electron chi connectivity index (χ1n) is 7.93. The van der Waals surface area contributed by atoms with Gasteiger partial charge in [-0.25, -0.2) is 0 Å². The van der Waals surface area contributed by atoms with Crippen LogP contribution in [0.5, 0.6) is 5.75 Å². The predicted octanol–water partition coefficient (Wildman–Crippen LogP) is 5.40. The zero-order valence-corrected chi connectivity index (χ0v) is 13.9. The van der Waals surface area contributed by atoms with Crippen molar-refractivity contribution in [3.05, 3.63) is 58.1 Å². The number of halogens is 1. The quantitative estimate of drug-likeness (QED) is 0.797. The van der Waals surface area contributed by atoms with E-state index in [-0.39, 0.29) is 0 Å². The Hall–Kier alpha value is -1.67. The zero-order valence-electron chi connectivity index (χ0n) is 13.2. The molecule has 0 saturated heterocycles. The molecule has 22 heavy (non-hydrogen) atoms. The minimum atomic E-state index is 0.292. The molecule has 0 fully saturated rings. The average molecular weight is 316 g/mol. The summed E-state index contributed by atoms with van der Waals surface area (Å²) in [6.45, 7) is 2.23. The van der Waals surface area contributed by atoms with E-state index in [1.165, 1.54) is 41.6 Å². The molecule has 0 aliphatic carbocycles. The maximum absolute atomic E-state index is 6.25. The van der Waals surface area contributed by atoms with E-state index in [4.69, 9.17) is 16.3 Å². The second-order valence-corrected chi connectivity index (χ2v) is 6.30. The first kappa shape index (κ1) is 15.2. The molecule has 3 rings (SSSR count). The summed E-state index contributed by atoms with van der Waals surface area (Å²) in [6, 6.07) is 13.1. The van der Waals surface area contributed by atoms with Crippen LogP contribution in [0, 0.1) is 0 Å². The number of aryl methyl sites for hydroxylation is 1. The molecule has 0 bridgehead atoms. The van der Waals surface area contributed by atoms with E-state index in [1.807, 2.05) is 12.1 Å². The van der Waals surface area contributed by atoms with Crippen LogP contribution in [0.3, 0.4) is 0 Å². The molecule has 1 aliphatic rings. The van der Waals surface area contributed by atoms with E-state index in [1.54, 1.807) is 7.11 Å². The Kier molecular flexibility index (Phi) is 4.58. The Morgan fingerprint density at radius 1 is 1.23 bits per heavy atom. The van der Waals surface area contributed by atoms with Gasteiger partial charge in [-0.15, -0.1) is 0 Å². The van der Waals surface area contributed by atoms with E-state index in [0.717, 1.165) is 12.2 Å². The average Bonchev–Trinajstić information content (AvgIpc) is 2.96. The minimum Gasteiger partial charge on any atom is -0.495 e. The van der Waals surface area contributed by atoms with Crippen LogP contribution in [0.2, 0.25) is 5.02 Å². The smallest absolute Gasteiger partial charge is 0.137 e. The Bertz CT molecular complexity index is 668. The van der Waals surface area contributed by atoms with Crippen LogP contribution in [0.1, 0.15) is 42.5 Å². The number of anilines is 1. The summed E-state index contributed by atoms with van der Waals surface area (Å²) < 4.78 is 5.23. The van der Waals surface area contributed by atoms with E-state index in [9.17, 15) is 0 Å². The van der Waals surface area contributed by atoms with Gasteiger partial charge in [0.25, 0.3) is 0 Å². The van der Waals surface area contributed by atoms with Crippen LogP contribution in [0.25, 0.3) is 0 Å². The molecule has 0 aromatic heterocycles. The standard InChI is InChI=1S/C19H22ClNO/c1-3-4-5-13-6-8-17-15(10-13)12-18(21-17)14-7-9-19(22-2)16(20)11-14/h6-11,18,21H,3-5,12H2,1-2H3. The normalized spacial score (nSPS) is 16.2. The largest absolute Gasteiger partial charge is 0.495 e. The summed E-state index contributed by atoms with van der Waals surface area (Å²) in [4.78, 5) is 0. The number of hydrogen-bond donors (Lipinski definition) is 1. The number of fused-ring (bicyclic) bond motifs is 1. The molecule has 1 heterocycles. The number of ether oxygens (including phenoxy) is 1. The molecule has 0 amide bonds. The van der Waals surface area contributed by atoms with Gasteiger partial charge in [0, 0.05) is 5.69 Å². The molecule has 2 nitrogen and oxygen atoms in total. The van der Waals surface area contributed by atoms with Crippen molar-refractivity contribution in [2.45, 2.75) is 38.6 Å². The minimum absolute atomic E-state index is 0.292. The lowest BCUT2D eigenvalue weighted by Gasteiger charge is -2.13. The first-order chi connectivity index (χ1) is 10.7. The van der Waals surface area contributed by atoms with Gasteiger partial charge >= 0.3 is 0 Å². The number of unbranched alkanes of at least 4 members (excludes halogenated alkanes) is 1. The van der Waals surface area contributed by atoms with Crippen LogP contribution in [-0.4, -0.2) is 7.11 Å². The highest BCUT2D eigenvalue weighted by molar-refractivity contribution is 6.32. The summed E-state index contributed by atoms with van der Waals surface area (Å²) in [5.74, 6) is 0.725. The molecule has 1 atom stereocenters. The van der Waals surface area contributed by atoms with Gasteiger partial charge in [-0.05, 0) is 54.2 Å². The fourth-order valence-electron chi connectivity index (χ4n) is 3.05. The molecule has 116 valence electrons. The topological polar surface area (TPSA) is 21.3 Å². The summed E-state index contributed by atoms with van der Waals surface area (Å²) in [5.41, 5.74) is 5.30. The second kappa shape index (κ2) is 6.62. The molecular weight excluding hydrogens is 294 g/mol. The fraction of sp³-hybridized carbons (Fsp3) is 0.368. The predicted molar refractivity (Wildman–Crippen MR) is 93.1 cm³/mol. The van der Waals surface area contributed by atoms with Crippen molar-refractivity contribution in [3.63, 3.8) is 0 Å². The molecule has 0 saturated carbocycles. The van der Waals surface area contributed by atoms with Crippen molar-refractivity contribution < 1.29 is 4.74 Å². The Balaban J connectivity index is 1.77. The van der Waals surface area contributed by atoms with Gasteiger partial charge in [0.1, 0.15) is 5.75 Å². The number of hydrogen-bond acceptors (Lipinski definition) is 2. The van der Waals surface area contributed by atoms with Gasteiger partial charge < -0.3 is 10.1 Å². The number of benzene rings is 2. The fourth-order valence-corrected chi connectivity index (χ4v) is 3.32. The molecule has 2 aromatic rings. The van der Waals surface area contributed by atoms with E-state index in [2.05, 4.69) is 36.5 Å². The number of nitrogens with one attached hydrogen (secondary N) is 1. The van der Waals surface area contributed by atoms with Gasteiger partial charge in [-0.3, -0.25) is 0 Å². The maximum atomic E-state index is 6.25. The molecular formula is C19H22ClNO. The van der Waals surface area contributed by atoms with Crippen molar-refractivity contribution in [2.24, 2.45) is 0 Å². The second-order valence-electron chi connectivity index (χ2n) is 5.89. The van der Waals surface area contributed by atoms with Crippen LogP contribution in [0.15, 0.2) is 36.4 Å². The zero-order chi connectivity index (χ0) is 15.5. The van der Waals surface area contributed by atoms with Gasteiger partial charge in [0.05, 0.1) is 18.2 Å². The van der Waals surface area contributed by atoms with Crippen molar-refractivity contribution in [3.8, 4) is 5.75 Å². The Labute approximate surface area is 137 Å². The Morgan fingerprint density at radius 3 is 2.82 bits per heavy atom. The lowest BCUT2D eigenvalue weighted by molar-refractivity contribution is 0.415. The lowest BCUT2D eigenvalue weighted by Crippen LogP contribution is -2.05. The molecule has 0 radical (unpaired) electrons. The number of rotatable bonds is 5. The number of methoxy groups -OCH3 is 1. The van der Waals surface area contributed by atoms with Crippen molar-refractivity contribution in [2.75, 3.05) is 12.4 Å². The van der Waals surface area contributed by atoms with Crippen molar-refractivity contribution >= 4 is 17.3 Å². The third kappa shape index (κ3) is 3.07. The van der Waals surface area contributed by atoms with Crippen LogP contribution in [-0.2, 0) is 12.8 Å². The monoisotopic (exact) mass is 315 g/mol. The summed E-state index contributed by atoms with van der Waals surface area (Å²) in [6.07, 6.45) is 4.67. The molecule has 1 unspecified atom stereocenters. The van der Waals surface area contributed by atoms with Crippen molar-refractivity contribution in [1.82, 2.24) is 0 Å². The van der Waals surface area contributed by atoms with E-state index in [0.29, 0.717) is 11.1 Å². The highest BCUT2D eigenvalue weighted by Crippen LogP contribution is 2.37. The SMILES string of the molecule is CCCCc1ccc2c(c1)CC(c1ccc(OC)c(Cl)c1)N2. The van der Waals surface area contributed by atoms with Gasteiger partial charge in [-0.1, -0.05) is 43.1 Å². The highest BCUT2D eigenvalue weighted by Gasteiger charge is 2.22. The summed E-state index contributed by atoms with van der Waals surface area (Å²) >= 11 is 6.25. The van der Waals surface area contributed by atoms with Crippen LogP contribution in [0.4, 0.5) is 5.69 Å². The van der Waals surface area contributed by atoms with Gasteiger partial charge in [0.15, 0.2) is 0 Å².